The van der Waals surface area contributed by atoms with Crippen molar-refractivity contribution in [2.24, 2.45) is 0 Å². The number of hydrogen-bond donors (Lipinski definition) is 2. The monoisotopic (exact) mass is 424 g/mol. The standard InChI is InChI=1S/C22H21FN4O2S/c1-13-9-14(2)21(15(3)10-13)25-19(28)12-30-20-8-7-18(26-27-20)24-22(29)16-5-4-6-17(23)11-16/h4-11H,12H2,1-3H3,(H,25,28)(H,24,26,29). The van der Waals surface area contributed by atoms with Gasteiger partial charge in [-0.2, -0.15) is 0 Å². The van der Waals surface area contributed by atoms with Gasteiger partial charge >= 0.3 is 0 Å². The molecule has 154 valence electrons. The Balaban J connectivity index is 1.54. The molecule has 3 aromatic rings. The highest BCUT2D eigenvalue weighted by molar-refractivity contribution is 7.99. The average Bonchev–Trinajstić information content (AvgIpc) is 2.70. The first-order valence-corrected chi connectivity index (χ1v) is 10.2. The molecule has 2 N–H and O–H groups in total. The van der Waals surface area contributed by atoms with Gasteiger partial charge in [0.2, 0.25) is 5.91 Å². The van der Waals surface area contributed by atoms with Gasteiger partial charge in [-0.25, -0.2) is 4.39 Å². The molecular weight excluding hydrogens is 403 g/mol. The Hall–Kier alpha value is -3.26. The molecule has 1 aromatic heterocycles. The molecule has 0 bridgehead atoms. The summed E-state index contributed by atoms with van der Waals surface area (Å²) >= 11 is 1.24. The summed E-state index contributed by atoms with van der Waals surface area (Å²) in [5.74, 6) is -0.692. The zero-order chi connectivity index (χ0) is 21.7. The first-order chi connectivity index (χ1) is 14.3. The molecule has 0 fully saturated rings. The van der Waals surface area contributed by atoms with Gasteiger partial charge in [0, 0.05) is 11.3 Å². The number of amides is 2. The van der Waals surface area contributed by atoms with Crippen LogP contribution in [0.4, 0.5) is 15.9 Å². The lowest BCUT2D eigenvalue weighted by molar-refractivity contribution is -0.113. The molecule has 0 saturated heterocycles. The molecule has 30 heavy (non-hydrogen) atoms. The lowest BCUT2D eigenvalue weighted by Crippen LogP contribution is -2.16. The smallest absolute Gasteiger partial charge is 0.256 e. The number of benzene rings is 2. The Morgan fingerprint density at radius 2 is 1.70 bits per heavy atom. The zero-order valence-electron chi connectivity index (χ0n) is 16.8. The normalized spacial score (nSPS) is 10.5. The number of nitrogens with one attached hydrogen (secondary N) is 2. The van der Waals surface area contributed by atoms with E-state index in [1.807, 2.05) is 32.9 Å². The maximum Gasteiger partial charge on any atom is 0.256 e. The maximum atomic E-state index is 13.2. The molecule has 0 aliphatic carbocycles. The van der Waals surface area contributed by atoms with Gasteiger partial charge in [0.1, 0.15) is 10.8 Å². The van der Waals surface area contributed by atoms with E-state index >= 15 is 0 Å². The van der Waals surface area contributed by atoms with Crippen molar-refractivity contribution in [2.75, 3.05) is 16.4 Å². The molecule has 0 aliphatic heterocycles. The Morgan fingerprint density at radius 3 is 2.33 bits per heavy atom. The predicted molar refractivity (Wildman–Crippen MR) is 116 cm³/mol. The number of aryl methyl sites for hydroxylation is 3. The third-order valence-corrected chi connectivity index (χ3v) is 5.18. The van der Waals surface area contributed by atoms with E-state index in [0.29, 0.717) is 5.03 Å². The van der Waals surface area contributed by atoms with Crippen molar-refractivity contribution in [3.8, 4) is 0 Å². The van der Waals surface area contributed by atoms with Crippen LogP contribution in [0.15, 0.2) is 53.6 Å². The van der Waals surface area contributed by atoms with Crippen LogP contribution in [0, 0.1) is 26.6 Å². The summed E-state index contributed by atoms with van der Waals surface area (Å²) in [5.41, 5.74) is 4.20. The van der Waals surface area contributed by atoms with E-state index in [1.165, 1.54) is 30.0 Å². The minimum absolute atomic E-state index is 0.139. The fourth-order valence-corrected chi connectivity index (χ4v) is 3.59. The van der Waals surface area contributed by atoms with Gasteiger partial charge in [0.25, 0.3) is 5.91 Å². The van der Waals surface area contributed by atoms with Crippen LogP contribution in [0.5, 0.6) is 0 Å². The molecule has 2 amide bonds. The highest BCUT2D eigenvalue weighted by Crippen LogP contribution is 2.23. The minimum atomic E-state index is -0.491. The Bertz CT molecular complexity index is 1060. The lowest BCUT2D eigenvalue weighted by atomic mass is 10.1. The van der Waals surface area contributed by atoms with Crippen LogP contribution in [0.3, 0.4) is 0 Å². The number of carbonyl (C=O) groups excluding carboxylic acids is 2. The molecule has 0 spiro atoms. The van der Waals surface area contributed by atoms with E-state index in [-0.39, 0.29) is 23.0 Å². The van der Waals surface area contributed by atoms with Crippen LogP contribution in [-0.2, 0) is 4.79 Å². The third-order valence-electron chi connectivity index (χ3n) is 4.26. The van der Waals surface area contributed by atoms with Crippen molar-refractivity contribution in [2.45, 2.75) is 25.8 Å². The van der Waals surface area contributed by atoms with Gasteiger partial charge in [0.15, 0.2) is 5.82 Å². The van der Waals surface area contributed by atoms with Crippen LogP contribution in [0.2, 0.25) is 0 Å². The van der Waals surface area contributed by atoms with Gasteiger partial charge in [-0.05, 0) is 62.2 Å². The molecule has 0 aliphatic rings. The minimum Gasteiger partial charge on any atom is -0.325 e. The molecule has 0 unspecified atom stereocenters. The van der Waals surface area contributed by atoms with Crippen molar-refractivity contribution in [1.82, 2.24) is 10.2 Å². The number of carbonyl (C=O) groups is 2. The first-order valence-electron chi connectivity index (χ1n) is 9.23. The number of halogens is 1. The molecule has 3 rings (SSSR count). The molecule has 8 heteroatoms. The molecular formula is C22H21FN4O2S. The average molecular weight is 425 g/mol. The van der Waals surface area contributed by atoms with Crippen LogP contribution in [-0.4, -0.2) is 27.8 Å². The second kappa shape index (κ2) is 9.49. The second-order valence-corrected chi connectivity index (χ2v) is 7.83. The number of anilines is 2. The van der Waals surface area contributed by atoms with Gasteiger partial charge in [-0.15, -0.1) is 10.2 Å². The summed E-state index contributed by atoms with van der Waals surface area (Å²) in [7, 11) is 0. The zero-order valence-corrected chi connectivity index (χ0v) is 17.6. The quantitative estimate of drug-likeness (QED) is 0.568. The predicted octanol–water partition coefficient (Wildman–Crippen LogP) is 4.52. The van der Waals surface area contributed by atoms with Gasteiger partial charge in [-0.1, -0.05) is 35.5 Å². The number of thioether (sulfide) groups is 1. The molecule has 0 atom stereocenters. The van der Waals surface area contributed by atoms with Crippen LogP contribution < -0.4 is 10.6 Å². The largest absolute Gasteiger partial charge is 0.325 e. The molecule has 6 nitrogen and oxygen atoms in total. The van der Waals surface area contributed by atoms with Crippen LogP contribution in [0.25, 0.3) is 0 Å². The van der Waals surface area contributed by atoms with Gasteiger partial charge in [-0.3, -0.25) is 9.59 Å². The van der Waals surface area contributed by atoms with Crippen molar-refractivity contribution >= 4 is 35.1 Å². The molecule has 0 radical (unpaired) electrons. The summed E-state index contributed by atoms with van der Waals surface area (Å²) in [4.78, 5) is 24.4. The Morgan fingerprint density at radius 1 is 0.967 bits per heavy atom. The fraction of sp³-hybridized carbons (Fsp3) is 0.182. The summed E-state index contributed by atoms with van der Waals surface area (Å²) < 4.78 is 13.2. The van der Waals surface area contributed by atoms with E-state index in [1.54, 1.807) is 12.1 Å². The SMILES string of the molecule is Cc1cc(C)c(NC(=O)CSc2ccc(NC(=O)c3cccc(F)c3)nn2)c(C)c1. The summed E-state index contributed by atoms with van der Waals surface area (Å²) in [6.07, 6.45) is 0. The van der Waals surface area contributed by atoms with Gasteiger partial charge in [0.05, 0.1) is 5.75 Å². The number of hydrogen-bond acceptors (Lipinski definition) is 5. The highest BCUT2D eigenvalue weighted by atomic mass is 32.2. The number of aromatic nitrogens is 2. The van der Waals surface area contributed by atoms with Crippen LogP contribution >= 0.6 is 11.8 Å². The Labute approximate surface area is 178 Å². The fourth-order valence-electron chi connectivity index (χ4n) is 2.97. The highest BCUT2D eigenvalue weighted by Gasteiger charge is 2.11. The molecule has 1 heterocycles. The van der Waals surface area contributed by atoms with E-state index in [9.17, 15) is 14.0 Å². The van der Waals surface area contributed by atoms with E-state index in [4.69, 9.17) is 0 Å². The summed E-state index contributed by atoms with van der Waals surface area (Å²) in [5, 5.41) is 14.0. The van der Waals surface area contributed by atoms with Crippen molar-refractivity contribution in [1.29, 1.82) is 0 Å². The summed E-state index contributed by atoms with van der Waals surface area (Å²) in [6, 6.07) is 12.7. The van der Waals surface area contributed by atoms with Crippen molar-refractivity contribution in [3.05, 3.63) is 76.6 Å². The van der Waals surface area contributed by atoms with Crippen molar-refractivity contribution < 1.29 is 14.0 Å². The number of nitrogens with zero attached hydrogens (tertiary/aromatic N) is 2. The summed E-state index contributed by atoms with van der Waals surface area (Å²) in [6.45, 7) is 5.94. The van der Waals surface area contributed by atoms with E-state index < -0.39 is 11.7 Å². The number of rotatable bonds is 6. The Kier molecular flexibility index (Phi) is 6.79. The first kappa shape index (κ1) is 21.4. The van der Waals surface area contributed by atoms with Crippen LogP contribution in [0.1, 0.15) is 27.0 Å². The molecule has 0 saturated carbocycles. The maximum absolute atomic E-state index is 13.2. The second-order valence-electron chi connectivity index (χ2n) is 6.83. The molecule has 2 aromatic carbocycles. The van der Waals surface area contributed by atoms with E-state index in [2.05, 4.69) is 20.8 Å². The van der Waals surface area contributed by atoms with Crippen molar-refractivity contribution in [3.63, 3.8) is 0 Å². The lowest BCUT2D eigenvalue weighted by Gasteiger charge is -2.12. The van der Waals surface area contributed by atoms with Gasteiger partial charge < -0.3 is 10.6 Å². The topological polar surface area (TPSA) is 84.0 Å². The third kappa shape index (κ3) is 5.64. The van der Waals surface area contributed by atoms with E-state index in [0.717, 1.165) is 28.4 Å².